The summed E-state index contributed by atoms with van der Waals surface area (Å²) in [5.74, 6) is -0.528. The Hall–Kier alpha value is -2.40. The molecule has 5 heteroatoms. The van der Waals surface area contributed by atoms with E-state index in [0.29, 0.717) is 13.0 Å². The molecular weight excluding hydrogens is 789 g/mol. The second kappa shape index (κ2) is 54.9. The van der Waals surface area contributed by atoms with Crippen LogP contribution in [0, 0.1) is 0 Å². The van der Waals surface area contributed by atoms with Crippen LogP contribution in [-0.4, -0.2) is 37.9 Å². The van der Waals surface area contributed by atoms with Gasteiger partial charge >= 0.3 is 11.9 Å². The highest BCUT2D eigenvalue weighted by Gasteiger charge is 2.17. The normalized spacial score (nSPS) is 12.6. The van der Waals surface area contributed by atoms with Crippen molar-refractivity contribution < 1.29 is 23.8 Å². The summed E-state index contributed by atoms with van der Waals surface area (Å²) in [7, 11) is 0. The predicted octanol–water partition coefficient (Wildman–Crippen LogP) is 18.9. The fourth-order valence-corrected chi connectivity index (χ4v) is 8.00. The molecule has 0 aromatic heterocycles. The van der Waals surface area contributed by atoms with Crippen LogP contribution in [-0.2, 0) is 23.8 Å². The van der Waals surface area contributed by atoms with Gasteiger partial charge in [0.05, 0.1) is 13.0 Å². The van der Waals surface area contributed by atoms with Gasteiger partial charge in [0.2, 0.25) is 0 Å². The Balaban J connectivity index is 4.33. The Kier molecular flexibility index (Phi) is 52.9. The molecule has 0 rings (SSSR count). The van der Waals surface area contributed by atoms with E-state index in [4.69, 9.17) is 14.2 Å². The number of carbonyl (C=O) groups excluding carboxylic acids is 2. The molecule has 0 aliphatic rings. The molecule has 0 N–H and O–H groups in total. The van der Waals surface area contributed by atoms with Crippen LogP contribution < -0.4 is 0 Å². The highest BCUT2D eigenvalue weighted by molar-refractivity contribution is 5.71. The van der Waals surface area contributed by atoms with Crippen LogP contribution in [0.25, 0.3) is 0 Å². The van der Waals surface area contributed by atoms with Gasteiger partial charge in [0, 0.05) is 13.0 Å². The minimum Gasteiger partial charge on any atom is -0.462 e. The van der Waals surface area contributed by atoms with Crippen molar-refractivity contribution in [1.82, 2.24) is 0 Å². The van der Waals surface area contributed by atoms with Crippen LogP contribution in [0.1, 0.15) is 278 Å². The molecule has 64 heavy (non-hydrogen) atoms. The van der Waals surface area contributed by atoms with Gasteiger partial charge < -0.3 is 14.2 Å². The number of allylic oxidation sites excluding steroid dienone is 9. The molecule has 5 nitrogen and oxygen atoms in total. The highest BCUT2D eigenvalue weighted by Crippen LogP contribution is 2.16. The average Bonchev–Trinajstić information content (AvgIpc) is 3.30. The summed E-state index contributed by atoms with van der Waals surface area (Å²) >= 11 is 0. The molecule has 0 amide bonds. The summed E-state index contributed by atoms with van der Waals surface area (Å²) < 4.78 is 17.3. The Morgan fingerprint density at radius 2 is 0.688 bits per heavy atom. The number of ether oxygens (including phenoxy) is 3. The fourth-order valence-electron chi connectivity index (χ4n) is 8.00. The first-order chi connectivity index (χ1) is 31.6. The number of hydrogen-bond acceptors (Lipinski definition) is 5. The summed E-state index contributed by atoms with van der Waals surface area (Å²) in [6.07, 6.45) is 69.8. The quantitative estimate of drug-likeness (QED) is 0.0346. The standard InChI is InChI=1S/C59H106O5/c1-4-7-10-13-16-19-22-25-28-30-32-34-37-40-43-46-49-52-58(60)63-56-57(55-62-54-51-48-45-42-39-36-33-29-26-23-20-17-14-11-8-5-2)64-59(61)53-50-47-44-41-38-35-31-27-24-21-18-15-12-9-6-3/h9,12,18,21,27,31,38,41,47,50,57H,4-8,10-11,13-17,19-20,22-26,28-30,32-37,39-40,42-46,48-49,51-56H2,1-3H3/b12-9-,21-18-,31-27-,41-38-,50-47-. The van der Waals surface area contributed by atoms with Crippen molar-refractivity contribution in [2.75, 3.05) is 19.8 Å². The molecule has 0 radical (unpaired) electrons. The molecule has 0 spiro atoms. The first-order valence-electron chi connectivity index (χ1n) is 27.8. The first kappa shape index (κ1) is 61.6. The smallest absolute Gasteiger partial charge is 0.310 e. The summed E-state index contributed by atoms with van der Waals surface area (Å²) in [5, 5.41) is 0. The molecule has 0 heterocycles. The number of unbranched alkanes of at least 4 members (excludes halogenated alkanes) is 31. The van der Waals surface area contributed by atoms with E-state index < -0.39 is 6.10 Å². The second-order valence-electron chi connectivity index (χ2n) is 18.5. The Bertz CT molecular complexity index is 1100. The highest BCUT2D eigenvalue weighted by atomic mass is 16.6. The zero-order valence-corrected chi connectivity index (χ0v) is 42.8. The summed E-state index contributed by atoms with van der Waals surface area (Å²) in [5.41, 5.74) is 0. The minimum absolute atomic E-state index is 0.0498. The van der Waals surface area contributed by atoms with Crippen molar-refractivity contribution in [2.24, 2.45) is 0 Å². The van der Waals surface area contributed by atoms with E-state index in [1.807, 2.05) is 12.2 Å². The lowest BCUT2D eigenvalue weighted by Gasteiger charge is -2.18. The SMILES string of the molecule is CC/C=C\C/C=C\C/C=C\C/C=C\C/C=C\CC(=O)OC(COCCCCCCCCCCCCCCCCCC)COC(=O)CCCCCCCCCCCCCCCCCCC. The van der Waals surface area contributed by atoms with Crippen LogP contribution in [0.5, 0.6) is 0 Å². The Morgan fingerprint density at radius 3 is 1.06 bits per heavy atom. The van der Waals surface area contributed by atoms with Crippen molar-refractivity contribution in [3.05, 3.63) is 60.8 Å². The van der Waals surface area contributed by atoms with Crippen molar-refractivity contribution in [1.29, 1.82) is 0 Å². The maximum absolute atomic E-state index is 12.8. The number of hydrogen-bond donors (Lipinski definition) is 0. The van der Waals surface area contributed by atoms with E-state index in [1.54, 1.807) is 0 Å². The number of carbonyl (C=O) groups is 2. The van der Waals surface area contributed by atoms with Crippen LogP contribution in [0.3, 0.4) is 0 Å². The summed E-state index contributed by atoms with van der Waals surface area (Å²) in [6, 6.07) is 0. The molecule has 0 aliphatic heterocycles. The molecular formula is C59H106O5. The monoisotopic (exact) mass is 895 g/mol. The molecule has 0 bridgehead atoms. The first-order valence-corrected chi connectivity index (χ1v) is 27.8. The Morgan fingerprint density at radius 1 is 0.359 bits per heavy atom. The minimum atomic E-state index is -0.587. The Labute approximate surface area is 398 Å². The maximum atomic E-state index is 12.8. The number of rotatable bonds is 51. The van der Waals surface area contributed by atoms with E-state index in [1.165, 1.54) is 186 Å². The van der Waals surface area contributed by atoms with Gasteiger partial charge in [-0.1, -0.05) is 281 Å². The zero-order valence-electron chi connectivity index (χ0n) is 42.8. The van der Waals surface area contributed by atoms with Crippen molar-refractivity contribution in [3.63, 3.8) is 0 Å². The fraction of sp³-hybridized carbons (Fsp3) is 0.797. The van der Waals surface area contributed by atoms with Gasteiger partial charge in [-0.25, -0.2) is 0 Å². The van der Waals surface area contributed by atoms with Crippen LogP contribution >= 0.6 is 0 Å². The van der Waals surface area contributed by atoms with Gasteiger partial charge in [-0.15, -0.1) is 0 Å². The van der Waals surface area contributed by atoms with Gasteiger partial charge in [-0.05, 0) is 44.9 Å². The largest absolute Gasteiger partial charge is 0.462 e. The summed E-state index contributed by atoms with van der Waals surface area (Å²) in [4.78, 5) is 25.4. The van der Waals surface area contributed by atoms with Gasteiger partial charge in [0.25, 0.3) is 0 Å². The van der Waals surface area contributed by atoms with Crippen LogP contribution in [0.2, 0.25) is 0 Å². The van der Waals surface area contributed by atoms with Gasteiger partial charge in [0.1, 0.15) is 6.61 Å². The predicted molar refractivity (Wildman–Crippen MR) is 279 cm³/mol. The average molecular weight is 895 g/mol. The molecule has 0 saturated carbocycles. The molecule has 0 aliphatic carbocycles. The topological polar surface area (TPSA) is 61.8 Å². The zero-order chi connectivity index (χ0) is 46.3. The van der Waals surface area contributed by atoms with Gasteiger partial charge in [-0.3, -0.25) is 9.59 Å². The molecule has 0 saturated heterocycles. The van der Waals surface area contributed by atoms with E-state index in [0.717, 1.165) is 57.8 Å². The second-order valence-corrected chi connectivity index (χ2v) is 18.5. The molecule has 0 aromatic carbocycles. The lowest BCUT2D eigenvalue weighted by atomic mass is 10.0. The third kappa shape index (κ3) is 52.2. The molecule has 0 fully saturated rings. The molecule has 372 valence electrons. The van der Waals surface area contributed by atoms with Crippen molar-refractivity contribution in [3.8, 4) is 0 Å². The summed E-state index contributed by atoms with van der Waals surface area (Å²) in [6.45, 7) is 7.66. The lowest BCUT2D eigenvalue weighted by Crippen LogP contribution is -2.29. The van der Waals surface area contributed by atoms with Crippen LogP contribution in [0.15, 0.2) is 60.8 Å². The van der Waals surface area contributed by atoms with Crippen molar-refractivity contribution >= 4 is 11.9 Å². The van der Waals surface area contributed by atoms with E-state index in [-0.39, 0.29) is 31.6 Å². The van der Waals surface area contributed by atoms with E-state index in [9.17, 15) is 9.59 Å². The van der Waals surface area contributed by atoms with E-state index in [2.05, 4.69) is 69.4 Å². The van der Waals surface area contributed by atoms with Crippen LogP contribution in [0.4, 0.5) is 0 Å². The van der Waals surface area contributed by atoms with Crippen molar-refractivity contribution in [2.45, 2.75) is 284 Å². The lowest BCUT2D eigenvalue weighted by molar-refractivity contribution is -0.162. The number of esters is 2. The molecule has 1 unspecified atom stereocenters. The third-order valence-electron chi connectivity index (χ3n) is 12.1. The van der Waals surface area contributed by atoms with Gasteiger partial charge in [0.15, 0.2) is 6.10 Å². The van der Waals surface area contributed by atoms with Gasteiger partial charge in [-0.2, -0.15) is 0 Å². The molecule has 1 atom stereocenters. The molecule has 0 aromatic rings. The maximum Gasteiger partial charge on any atom is 0.310 e. The van der Waals surface area contributed by atoms with E-state index >= 15 is 0 Å². The third-order valence-corrected chi connectivity index (χ3v) is 12.1.